The van der Waals surface area contributed by atoms with Gasteiger partial charge in [0.15, 0.2) is 0 Å². The van der Waals surface area contributed by atoms with Crippen molar-refractivity contribution in [2.24, 2.45) is 0 Å². The van der Waals surface area contributed by atoms with Crippen LogP contribution in [0.25, 0.3) is 0 Å². The van der Waals surface area contributed by atoms with Crippen LogP contribution in [0.5, 0.6) is 0 Å². The summed E-state index contributed by atoms with van der Waals surface area (Å²) in [6, 6.07) is 9.39. The van der Waals surface area contributed by atoms with E-state index in [2.05, 4.69) is 15.3 Å². The predicted molar refractivity (Wildman–Crippen MR) is 84.8 cm³/mol. The highest BCUT2D eigenvalue weighted by molar-refractivity contribution is 7.88. The fraction of sp³-hybridized carbons (Fsp3) is 0.333. The Kier molecular flexibility index (Phi) is 4.08. The topological polar surface area (TPSA) is 75.2 Å². The number of nitrogens with one attached hydrogen (secondary N) is 1. The van der Waals surface area contributed by atoms with Gasteiger partial charge in [-0.1, -0.05) is 29.8 Å². The highest BCUT2D eigenvalue weighted by atomic mass is 32.2. The highest BCUT2D eigenvalue weighted by Crippen LogP contribution is 2.20. The monoisotopic (exact) mass is 318 g/mol. The second kappa shape index (κ2) is 6.02. The molecule has 1 aromatic carbocycles. The smallest absolute Gasteiger partial charge is 0.222 e. The van der Waals surface area contributed by atoms with E-state index >= 15 is 0 Å². The number of aryl methyl sites for hydroxylation is 1. The van der Waals surface area contributed by atoms with Gasteiger partial charge in [0, 0.05) is 25.5 Å². The SMILES string of the molecule is Cc1ccc(CS(=O)(=O)N2CC(Nc3ncccn3)C2)cc1. The Morgan fingerprint density at radius 1 is 1.18 bits per heavy atom. The quantitative estimate of drug-likeness (QED) is 0.902. The van der Waals surface area contributed by atoms with Gasteiger partial charge >= 0.3 is 0 Å². The average molecular weight is 318 g/mol. The molecule has 1 aromatic heterocycles. The van der Waals surface area contributed by atoms with Crippen LogP contribution in [-0.4, -0.2) is 41.8 Å². The van der Waals surface area contributed by atoms with Crippen molar-refractivity contribution in [1.29, 1.82) is 0 Å². The highest BCUT2D eigenvalue weighted by Gasteiger charge is 2.35. The van der Waals surface area contributed by atoms with Crippen molar-refractivity contribution in [3.8, 4) is 0 Å². The van der Waals surface area contributed by atoms with Crippen LogP contribution in [0.1, 0.15) is 11.1 Å². The summed E-state index contributed by atoms with van der Waals surface area (Å²) in [5.74, 6) is 0.574. The molecule has 22 heavy (non-hydrogen) atoms. The Balaban J connectivity index is 1.56. The molecular formula is C15H18N4O2S. The van der Waals surface area contributed by atoms with E-state index in [0.717, 1.165) is 11.1 Å². The summed E-state index contributed by atoms with van der Waals surface area (Å²) in [5, 5.41) is 3.12. The van der Waals surface area contributed by atoms with Crippen LogP contribution in [0, 0.1) is 6.92 Å². The Bertz CT molecular complexity index is 726. The molecule has 0 amide bonds. The van der Waals surface area contributed by atoms with Gasteiger partial charge < -0.3 is 5.32 Å². The van der Waals surface area contributed by atoms with Crippen molar-refractivity contribution in [2.45, 2.75) is 18.7 Å². The molecule has 2 aromatic rings. The molecule has 1 aliphatic rings. The molecule has 0 bridgehead atoms. The zero-order chi connectivity index (χ0) is 15.6. The molecule has 0 radical (unpaired) electrons. The summed E-state index contributed by atoms with van der Waals surface area (Å²) in [7, 11) is -3.26. The summed E-state index contributed by atoms with van der Waals surface area (Å²) in [4.78, 5) is 8.15. The first-order valence-electron chi connectivity index (χ1n) is 7.10. The minimum atomic E-state index is -3.26. The number of aromatic nitrogens is 2. The van der Waals surface area contributed by atoms with Crippen LogP contribution in [0.4, 0.5) is 5.95 Å². The second-order valence-electron chi connectivity index (χ2n) is 5.47. The van der Waals surface area contributed by atoms with Crippen molar-refractivity contribution in [3.63, 3.8) is 0 Å². The second-order valence-corrected chi connectivity index (χ2v) is 7.44. The molecule has 1 fully saturated rings. The number of nitrogens with zero attached hydrogens (tertiary/aromatic N) is 3. The average Bonchev–Trinajstić information content (AvgIpc) is 2.45. The number of rotatable bonds is 5. The van der Waals surface area contributed by atoms with E-state index in [-0.39, 0.29) is 11.8 Å². The Morgan fingerprint density at radius 2 is 1.82 bits per heavy atom. The van der Waals surface area contributed by atoms with Crippen molar-refractivity contribution >= 4 is 16.0 Å². The third kappa shape index (κ3) is 3.42. The van der Waals surface area contributed by atoms with E-state index < -0.39 is 10.0 Å². The van der Waals surface area contributed by atoms with E-state index in [1.165, 1.54) is 4.31 Å². The fourth-order valence-corrected chi connectivity index (χ4v) is 3.91. The van der Waals surface area contributed by atoms with Gasteiger partial charge in [-0.3, -0.25) is 0 Å². The van der Waals surface area contributed by atoms with Gasteiger partial charge in [-0.25, -0.2) is 18.4 Å². The van der Waals surface area contributed by atoms with Crippen molar-refractivity contribution in [3.05, 3.63) is 53.9 Å². The predicted octanol–water partition coefficient (Wildman–Crippen LogP) is 1.41. The van der Waals surface area contributed by atoms with Gasteiger partial charge in [0.2, 0.25) is 16.0 Å². The molecule has 0 spiro atoms. The lowest BCUT2D eigenvalue weighted by Gasteiger charge is -2.38. The van der Waals surface area contributed by atoms with E-state index in [4.69, 9.17) is 0 Å². The first kappa shape index (κ1) is 14.9. The summed E-state index contributed by atoms with van der Waals surface area (Å²) in [5.41, 5.74) is 1.94. The van der Waals surface area contributed by atoms with E-state index in [9.17, 15) is 8.42 Å². The Labute approximate surface area is 130 Å². The van der Waals surface area contributed by atoms with Crippen LogP contribution < -0.4 is 5.32 Å². The van der Waals surface area contributed by atoms with Crippen molar-refractivity contribution in [2.75, 3.05) is 18.4 Å². The molecule has 1 saturated heterocycles. The molecule has 7 heteroatoms. The Morgan fingerprint density at radius 3 is 2.45 bits per heavy atom. The van der Waals surface area contributed by atoms with Gasteiger partial charge in [-0.2, -0.15) is 4.31 Å². The number of benzene rings is 1. The molecule has 0 atom stereocenters. The van der Waals surface area contributed by atoms with Gasteiger partial charge in [-0.15, -0.1) is 0 Å². The van der Waals surface area contributed by atoms with Crippen LogP contribution >= 0.6 is 0 Å². The molecule has 6 nitrogen and oxygen atoms in total. The summed E-state index contributed by atoms with van der Waals surface area (Å²) >= 11 is 0. The molecule has 3 rings (SSSR count). The normalized spacial score (nSPS) is 16.2. The van der Waals surface area contributed by atoms with Crippen LogP contribution in [0.3, 0.4) is 0 Å². The van der Waals surface area contributed by atoms with Crippen molar-refractivity contribution in [1.82, 2.24) is 14.3 Å². The lowest BCUT2D eigenvalue weighted by Crippen LogP contribution is -2.57. The van der Waals surface area contributed by atoms with Crippen molar-refractivity contribution < 1.29 is 8.42 Å². The van der Waals surface area contributed by atoms with Gasteiger partial charge in [0.25, 0.3) is 0 Å². The first-order valence-corrected chi connectivity index (χ1v) is 8.71. The lowest BCUT2D eigenvalue weighted by molar-refractivity contribution is 0.279. The third-order valence-corrected chi connectivity index (χ3v) is 5.39. The maximum atomic E-state index is 12.3. The van der Waals surface area contributed by atoms with E-state index in [1.54, 1.807) is 18.5 Å². The van der Waals surface area contributed by atoms with E-state index in [0.29, 0.717) is 19.0 Å². The molecule has 1 N–H and O–H groups in total. The zero-order valence-corrected chi connectivity index (χ0v) is 13.1. The number of hydrogen-bond acceptors (Lipinski definition) is 5. The van der Waals surface area contributed by atoms with E-state index in [1.807, 2.05) is 31.2 Å². The minimum absolute atomic E-state index is 0.0435. The minimum Gasteiger partial charge on any atom is -0.349 e. The maximum Gasteiger partial charge on any atom is 0.222 e. The third-order valence-electron chi connectivity index (χ3n) is 3.61. The molecule has 116 valence electrons. The van der Waals surface area contributed by atoms with Crippen LogP contribution in [0.15, 0.2) is 42.7 Å². The zero-order valence-electron chi connectivity index (χ0n) is 12.3. The van der Waals surface area contributed by atoms with Gasteiger partial charge in [-0.05, 0) is 18.6 Å². The molecule has 0 aliphatic carbocycles. The fourth-order valence-electron chi connectivity index (χ4n) is 2.30. The first-order chi connectivity index (χ1) is 10.5. The summed E-state index contributed by atoms with van der Waals surface area (Å²) in [6.45, 7) is 2.88. The lowest BCUT2D eigenvalue weighted by atomic mass is 10.2. The maximum absolute atomic E-state index is 12.3. The molecule has 0 unspecified atom stereocenters. The number of sulfonamides is 1. The molecule has 2 heterocycles. The van der Waals surface area contributed by atoms with Crippen LogP contribution in [0.2, 0.25) is 0 Å². The van der Waals surface area contributed by atoms with Gasteiger partial charge in [0.05, 0.1) is 11.8 Å². The van der Waals surface area contributed by atoms with Gasteiger partial charge in [0.1, 0.15) is 0 Å². The van der Waals surface area contributed by atoms with Crippen LogP contribution in [-0.2, 0) is 15.8 Å². The molecule has 1 aliphatic heterocycles. The number of hydrogen-bond donors (Lipinski definition) is 1. The standard InChI is InChI=1S/C15H18N4O2S/c1-12-3-5-13(6-4-12)11-22(20,21)19-9-14(10-19)18-15-16-7-2-8-17-15/h2-8,14H,9-11H2,1H3,(H,16,17,18). The summed E-state index contributed by atoms with van der Waals surface area (Å²) < 4.78 is 26.2. The Hall–Kier alpha value is -1.99. The molecule has 0 saturated carbocycles. The number of anilines is 1. The molecular weight excluding hydrogens is 300 g/mol. The summed E-state index contributed by atoms with van der Waals surface area (Å²) in [6.07, 6.45) is 3.31. The largest absolute Gasteiger partial charge is 0.349 e.